The molecule has 1 nitrogen and oxygen atoms in total. The van der Waals surface area contributed by atoms with Crippen LogP contribution in [-0.2, 0) is 6.54 Å². The molecule has 0 bridgehead atoms. The van der Waals surface area contributed by atoms with Crippen molar-refractivity contribution in [3.8, 4) is 0 Å². The number of rotatable bonds is 4. The molecule has 90 valence electrons. The lowest BCUT2D eigenvalue weighted by molar-refractivity contribution is 0.567. The Morgan fingerprint density at radius 2 is 2.18 bits per heavy atom. The third-order valence-electron chi connectivity index (χ3n) is 2.89. The molecule has 0 fully saturated rings. The van der Waals surface area contributed by atoms with E-state index < -0.39 is 0 Å². The van der Waals surface area contributed by atoms with Gasteiger partial charge in [-0.25, -0.2) is 4.39 Å². The minimum atomic E-state index is -0.177. The molecule has 1 N–H and O–H groups in total. The summed E-state index contributed by atoms with van der Waals surface area (Å²) in [6.45, 7) is 5.00. The summed E-state index contributed by atoms with van der Waals surface area (Å²) < 4.78 is 13.1. The molecule has 1 aromatic heterocycles. The first-order valence-electron chi connectivity index (χ1n) is 5.68. The van der Waals surface area contributed by atoms with Crippen LogP contribution in [0.25, 0.3) is 0 Å². The molecule has 1 atom stereocenters. The van der Waals surface area contributed by atoms with Gasteiger partial charge < -0.3 is 5.32 Å². The number of benzene rings is 1. The Hall–Kier alpha value is -1.19. The Balaban J connectivity index is 1.98. The van der Waals surface area contributed by atoms with Gasteiger partial charge in [0.15, 0.2) is 0 Å². The summed E-state index contributed by atoms with van der Waals surface area (Å²) in [4.78, 5) is 1.34. The quantitative estimate of drug-likeness (QED) is 0.862. The van der Waals surface area contributed by atoms with E-state index in [1.54, 1.807) is 23.5 Å². The lowest BCUT2D eigenvalue weighted by Crippen LogP contribution is -2.17. The van der Waals surface area contributed by atoms with E-state index in [9.17, 15) is 4.39 Å². The van der Waals surface area contributed by atoms with E-state index in [1.807, 2.05) is 6.07 Å². The van der Waals surface area contributed by atoms with E-state index in [0.717, 1.165) is 12.1 Å². The van der Waals surface area contributed by atoms with Crippen LogP contribution in [0.5, 0.6) is 0 Å². The lowest BCUT2D eigenvalue weighted by atomic mass is 10.1. The van der Waals surface area contributed by atoms with Crippen LogP contribution in [0.2, 0.25) is 0 Å². The smallest absolute Gasteiger partial charge is 0.123 e. The molecule has 0 radical (unpaired) electrons. The Kier molecular flexibility index (Phi) is 3.92. The van der Waals surface area contributed by atoms with Crippen LogP contribution in [0.3, 0.4) is 0 Å². The predicted octanol–water partition coefficient (Wildman–Crippen LogP) is 4.05. The molecule has 0 amide bonds. The maximum absolute atomic E-state index is 13.1. The van der Waals surface area contributed by atoms with Crippen molar-refractivity contribution in [1.82, 2.24) is 5.32 Å². The summed E-state index contributed by atoms with van der Waals surface area (Å²) in [5.74, 6) is -0.177. The van der Waals surface area contributed by atoms with Crippen molar-refractivity contribution >= 4 is 11.3 Å². The monoisotopic (exact) mass is 249 g/mol. The fourth-order valence-corrected chi connectivity index (χ4v) is 2.58. The van der Waals surface area contributed by atoms with Gasteiger partial charge in [0.25, 0.3) is 0 Å². The number of thiophene rings is 1. The van der Waals surface area contributed by atoms with Crippen LogP contribution in [0.4, 0.5) is 4.39 Å². The highest BCUT2D eigenvalue weighted by molar-refractivity contribution is 7.10. The molecule has 1 heterocycles. The van der Waals surface area contributed by atoms with Crippen molar-refractivity contribution in [2.24, 2.45) is 0 Å². The van der Waals surface area contributed by atoms with Crippen LogP contribution in [-0.4, -0.2) is 0 Å². The zero-order valence-electron chi connectivity index (χ0n) is 10.0. The Morgan fingerprint density at radius 3 is 2.82 bits per heavy atom. The molecule has 1 aromatic carbocycles. The maximum atomic E-state index is 13.1. The molecule has 0 aliphatic carbocycles. The molecule has 0 saturated heterocycles. The van der Waals surface area contributed by atoms with E-state index >= 15 is 0 Å². The van der Waals surface area contributed by atoms with Crippen molar-refractivity contribution in [3.05, 3.63) is 57.5 Å². The highest BCUT2D eigenvalue weighted by atomic mass is 32.1. The molecule has 2 rings (SSSR count). The number of hydrogen-bond donors (Lipinski definition) is 1. The largest absolute Gasteiger partial charge is 0.305 e. The van der Waals surface area contributed by atoms with E-state index in [1.165, 1.54) is 16.5 Å². The molecule has 1 unspecified atom stereocenters. The van der Waals surface area contributed by atoms with Gasteiger partial charge in [0.05, 0.1) is 0 Å². The normalized spacial score (nSPS) is 12.6. The molecule has 3 heteroatoms. The van der Waals surface area contributed by atoms with Crippen molar-refractivity contribution in [1.29, 1.82) is 0 Å². The van der Waals surface area contributed by atoms with Crippen LogP contribution in [0.15, 0.2) is 35.7 Å². The fourth-order valence-electron chi connectivity index (χ4n) is 1.72. The Morgan fingerprint density at radius 1 is 1.35 bits per heavy atom. The van der Waals surface area contributed by atoms with E-state index in [2.05, 4.69) is 30.6 Å². The third-order valence-corrected chi connectivity index (χ3v) is 3.91. The average molecular weight is 249 g/mol. The zero-order valence-corrected chi connectivity index (χ0v) is 10.9. The van der Waals surface area contributed by atoms with Crippen molar-refractivity contribution in [3.63, 3.8) is 0 Å². The molecular weight excluding hydrogens is 233 g/mol. The lowest BCUT2D eigenvalue weighted by Gasteiger charge is -2.14. The second-order valence-corrected chi connectivity index (χ2v) is 5.19. The van der Waals surface area contributed by atoms with Gasteiger partial charge in [-0.1, -0.05) is 12.1 Å². The van der Waals surface area contributed by atoms with Gasteiger partial charge in [-0.05, 0) is 48.6 Å². The van der Waals surface area contributed by atoms with Crippen LogP contribution in [0, 0.1) is 12.7 Å². The first-order chi connectivity index (χ1) is 8.16. The first-order valence-corrected chi connectivity index (χ1v) is 6.56. The fraction of sp³-hybridized carbons (Fsp3) is 0.286. The van der Waals surface area contributed by atoms with Gasteiger partial charge in [-0.15, -0.1) is 11.3 Å². The summed E-state index contributed by atoms with van der Waals surface area (Å²) in [7, 11) is 0. The van der Waals surface area contributed by atoms with E-state index in [4.69, 9.17) is 0 Å². The standard InChI is InChI=1S/C14H16FNS/c1-10-6-7-17-14(10)9-16-11(2)12-4-3-5-13(15)8-12/h3-8,11,16H,9H2,1-2H3. The molecule has 0 aliphatic rings. The van der Waals surface area contributed by atoms with E-state index in [0.29, 0.717) is 0 Å². The number of aryl methyl sites for hydroxylation is 1. The van der Waals surface area contributed by atoms with Gasteiger partial charge >= 0.3 is 0 Å². The van der Waals surface area contributed by atoms with Crippen molar-refractivity contribution in [2.75, 3.05) is 0 Å². The summed E-state index contributed by atoms with van der Waals surface area (Å²) in [5, 5.41) is 5.51. The maximum Gasteiger partial charge on any atom is 0.123 e. The van der Waals surface area contributed by atoms with Gasteiger partial charge in [0, 0.05) is 17.5 Å². The van der Waals surface area contributed by atoms with Crippen molar-refractivity contribution < 1.29 is 4.39 Å². The third kappa shape index (κ3) is 3.14. The molecule has 17 heavy (non-hydrogen) atoms. The molecule has 0 aliphatic heterocycles. The van der Waals surface area contributed by atoms with Gasteiger partial charge in [-0.2, -0.15) is 0 Å². The van der Waals surface area contributed by atoms with Crippen molar-refractivity contribution in [2.45, 2.75) is 26.4 Å². The van der Waals surface area contributed by atoms with Gasteiger partial charge in [-0.3, -0.25) is 0 Å². The summed E-state index contributed by atoms with van der Waals surface area (Å²) in [6.07, 6.45) is 0. The molecule has 0 saturated carbocycles. The van der Waals surface area contributed by atoms with Gasteiger partial charge in [0.1, 0.15) is 5.82 Å². The molecule has 2 aromatic rings. The number of hydrogen-bond acceptors (Lipinski definition) is 2. The number of nitrogens with one attached hydrogen (secondary N) is 1. The zero-order chi connectivity index (χ0) is 12.3. The second-order valence-electron chi connectivity index (χ2n) is 4.18. The first kappa shape index (κ1) is 12.3. The molecule has 0 spiro atoms. The van der Waals surface area contributed by atoms with Crippen LogP contribution in [0.1, 0.15) is 29.0 Å². The average Bonchev–Trinajstić information content (AvgIpc) is 2.72. The Labute approximate surface area is 105 Å². The van der Waals surface area contributed by atoms with Crippen LogP contribution >= 0.6 is 11.3 Å². The summed E-state index contributed by atoms with van der Waals surface area (Å²) in [5.41, 5.74) is 2.30. The predicted molar refractivity (Wildman–Crippen MR) is 70.7 cm³/mol. The summed E-state index contributed by atoms with van der Waals surface area (Å²) in [6, 6.07) is 9.03. The SMILES string of the molecule is Cc1ccsc1CNC(C)c1cccc(F)c1. The van der Waals surface area contributed by atoms with Gasteiger partial charge in [0.2, 0.25) is 0 Å². The van der Waals surface area contributed by atoms with Crippen LogP contribution < -0.4 is 5.32 Å². The highest BCUT2D eigenvalue weighted by Crippen LogP contribution is 2.18. The highest BCUT2D eigenvalue weighted by Gasteiger charge is 2.07. The topological polar surface area (TPSA) is 12.0 Å². The minimum absolute atomic E-state index is 0.159. The number of halogens is 1. The van der Waals surface area contributed by atoms with E-state index in [-0.39, 0.29) is 11.9 Å². The second kappa shape index (κ2) is 5.43. The minimum Gasteiger partial charge on any atom is -0.305 e. The molecular formula is C14H16FNS. The Bertz CT molecular complexity index is 492. The summed E-state index contributed by atoms with van der Waals surface area (Å²) >= 11 is 1.75.